The molecule has 0 saturated carbocycles. The molecule has 56 heavy (non-hydrogen) atoms. The number of hydrogen-bond donors (Lipinski definition) is 2. The standard InChI is InChI=1S/2C17H12N4O6.2Na/c2*1-2-3-7-14-8(10(22)5-12(26-14)16-18-20-21-19-16)4-9-11(23)6-13(17(24)25)27-15(7)9;;/h2*4-6H,2-3H2,1H3,(H,24,25)(H,18,19,20,21);;/q;;2*+1/p-2. The fourth-order valence-corrected chi connectivity index (χ4v) is 5.86. The number of fused-ring (bicyclic) bond motifs is 4. The van der Waals surface area contributed by atoms with E-state index in [1.807, 2.05) is 13.8 Å². The minimum atomic E-state index is -1.61. The number of carboxylic acid groups (broad SMARTS) is 2. The van der Waals surface area contributed by atoms with Crippen molar-refractivity contribution in [1.29, 1.82) is 0 Å². The van der Waals surface area contributed by atoms with Crippen LogP contribution in [0.1, 0.15) is 58.9 Å². The predicted molar refractivity (Wildman–Crippen MR) is 180 cm³/mol. The largest absolute Gasteiger partial charge is 1.00 e. The minimum absolute atomic E-state index is 0. The number of aromatic amines is 2. The second kappa shape index (κ2) is 17.0. The number of benzene rings is 2. The number of rotatable bonds is 8. The van der Waals surface area contributed by atoms with Gasteiger partial charge in [-0.05, 0) is 35.4 Å². The van der Waals surface area contributed by atoms with Gasteiger partial charge in [-0.25, -0.2) is 0 Å². The van der Waals surface area contributed by atoms with E-state index < -0.39 is 45.2 Å². The quantitative estimate of drug-likeness (QED) is 0.107. The van der Waals surface area contributed by atoms with Crippen LogP contribution in [0.25, 0.3) is 67.0 Å². The topological polar surface area (TPSA) is 310 Å². The van der Waals surface area contributed by atoms with E-state index in [1.54, 1.807) is 0 Å². The van der Waals surface area contributed by atoms with Crippen molar-refractivity contribution in [2.75, 3.05) is 0 Å². The Morgan fingerprint density at radius 2 is 0.893 bits per heavy atom. The summed E-state index contributed by atoms with van der Waals surface area (Å²) in [5.74, 6) is -4.09. The van der Waals surface area contributed by atoms with Crippen LogP contribution in [-0.2, 0) is 12.8 Å². The monoisotopic (exact) mass is 780 g/mol. The van der Waals surface area contributed by atoms with Crippen LogP contribution in [0.2, 0.25) is 0 Å². The zero-order valence-electron chi connectivity index (χ0n) is 29.9. The molecule has 6 aromatic heterocycles. The molecule has 0 fully saturated rings. The summed E-state index contributed by atoms with van der Waals surface area (Å²) in [4.78, 5) is 72.2. The molecule has 0 aliphatic heterocycles. The van der Waals surface area contributed by atoms with Gasteiger partial charge in [0.25, 0.3) is 0 Å². The molecule has 0 radical (unpaired) electrons. The number of carbonyl (C=O) groups excluding carboxylic acids is 2. The van der Waals surface area contributed by atoms with Gasteiger partial charge in [0.2, 0.25) is 11.6 Å². The Balaban J connectivity index is 0.000000207. The van der Waals surface area contributed by atoms with E-state index in [4.69, 9.17) is 17.7 Å². The molecule has 2 N–H and O–H groups in total. The van der Waals surface area contributed by atoms with Gasteiger partial charge in [-0.2, -0.15) is 10.4 Å². The molecule has 0 bridgehead atoms. The van der Waals surface area contributed by atoms with Crippen LogP contribution in [0.4, 0.5) is 0 Å². The smallest absolute Gasteiger partial charge is 0.542 e. The van der Waals surface area contributed by atoms with Gasteiger partial charge in [0, 0.05) is 35.4 Å². The van der Waals surface area contributed by atoms with Gasteiger partial charge in [-0.1, -0.05) is 26.7 Å². The molecular weight excluding hydrogens is 758 g/mol. The summed E-state index contributed by atoms with van der Waals surface area (Å²) in [6.07, 6.45) is 2.02. The van der Waals surface area contributed by atoms with E-state index in [2.05, 4.69) is 41.2 Å². The summed E-state index contributed by atoms with van der Waals surface area (Å²) in [5.41, 5.74) is -0.718. The number of aromatic carboxylic acids is 2. The van der Waals surface area contributed by atoms with Crippen LogP contribution in [0.3, 0.4) is 0 Å². The second-order valence-electron chi connectivity index (χ2n) is 11.7. The van der Waals surface area contributed by atoms with E-state index in [9.17, 15) is 39.0 Å². The Morgan fingerprint density at radius 1 is 0.554 bits per heavy atom. The summed E-state index contributed by atoms with van der Waals surface area (Å²) in [5, 5.41) is 49.4. The van der Waals surface area contributed by atoms with Gasteiger partial charge >= 0.3 is 59.1 Å². The number of tetrazole rings is 2. The molecule has 2 aromatic carbocycles. The molecule has 0 saturated heterocycles. The number of carboxylic acids is 2. The molecule has 0 aliphatic carbocycles. The van der Waals surface area contributed by atoms with Crippen LogP contribution < -0.4 is 91.0 Å². The Bertz CT molecular complexity index is 2820. The van der Waals surface area contributed by atoms with E-state index in [0.29, 0.717) is 36.8 Å². The number of aromatic nitrogens is 8. The summed E-state index contributed by atoms with van der Waals surface area (Å²) >= 11 is 0. The Labute approximate surface area is 353 Å². The average molecular weight is 781 g/mol. The van der Waals surface area contributed by atoms with Gasteiger partial charge in [-0.15, -0.1) is 20.4 Å². The molecule has 0 spiro atoms. The summed E-state index contributed by atoms with van der Waals surface area (Å²) in [7, 11) is 0. The number of carbonyl (C=O) groups is 2. The van der Waals surface area contributed by atoms with Crippen molar-refractivity contribution in [3.63, 3.8) is 0 Å². The van der Waals surface area contributed by atoms with Crippen molar-refractivity contribution >= 4 is 55.8 Å². The third kappa shape index (κ3) is 7.74. The van der Waals surface area contributed by atoms with Gasteiger partial charge in [0.1, 0.15) is 34.3 Å². The first-order valence-corrected chi connectivity index (χ1v) is 16.0. The predicted octanol–water partition coefficient (Wildman–Crippen LogP) is -5.20. The third-order valence-corrected chi connectivity index (χ3v) is 8.14. The van der Waals surface area contributed by atoms with Crippen LogP contribution in [0.15, 0.2) is 73.2 Å². The molecule has 22 heteroatoms. The van der Waals surface area contributed by atoms with Gasteiger partial charge in [0.15, 0.2) is 44.8 Å². The average Bonchev–Trinajstić information content (AvgIpc) is 3.89. The zero-order valence-corrected chi connectivity index (χ0v) is 33.9. The molecule has 272 valence electrons. The zero-order chi connectivity index (χ0) is 38.3. The van der Waals surface area contributed by atoms with E-state index >= 15 is 0 Å². The van der Waals surface area contributed by atoms with Gasteiger partial charge < -0.3 is 37.5 Å². The number of H-pyrrole nitrogens is 2. The summed E-state index contributed by atoms with van der Waals surface area (Å²) in [6.45, 7) is 3.76. The van der Waals surface area contributed by atoms with Crippen molar-refractivity contribution in [3.8, 4) is 23.2 Å². The summed E-state index contributed by atoms with van der Waals surface area (Å²) < 4.78 is 22.4. The molecule has 8 rings (SSSR count). The van der Waals surface area contributed by atoms with Crippen LogP contribution in [-0.4, -0.2) is 53.2 Å². The summed E-state index contributed by atoms with van der Waals surface area (Å²) in [6, 6.07) is 6.72. The van der Waals surface area contributed by atoms with Gasteiger partial charge in [-0.3, -0.25) is 19.2 Å². The maximum absolute atomic E-state index is 12.6. The normalized spacial score (nSPS) is 10.9. The second-order valence-corrected chi connectivity index (χ2v) is 11.7. The maximum Gasteiger partial charge on any atom is 1.00 e. The third-order valence-electron chi connectivity index (χ3n) is 8.14. The fourth-order valence-electron chi connectivity index (χ4n) is 5.86. The first kappa shape index (κ1) is 41.5. The molecule has 20 nitrogen and oxygen atoms in total. The molecule has 8 aromatic rings. The van der Waals surface area contributed by atoms with Crippen LogP contribution >= 0.6 is 0 Å². The minimum Gasteiger partial charge on any atom is -0.542 e. The fraction of sp³-hybridized carbons (Fsp3) is 0.176. The molecule has 0 atom stereocenters. The van der Waals surface area contributed by atoms with Crippen molar-refractivity contribution in [2.24, 2.45) is 0 Å². The molecule has 0 unspecified atom stereocenters. The maximum atomic E-state index is 12.6. The molecule has 0 amide bonds. The van der Waals surface area contributed by atoms with E-state index in [0.717, 1.165) is 12.1 Å². The number of nitrogens with zero attached hydrogens (tertiary/aromatic N) is 6. The van der Waals surface area contributed by atoms with Crippen LogP contribution in [0, 0.1) is 0 Å². The Kier molecular flexibility index (Phi) is 12.6. The molecular formula is C34H22N8Na2O12. The Morgan fingerprint density at radius 3 is 1.20 bits per heavy atom. The van der Waals surface area contributed by atoms with E-state index in [1.165, 1.54) is 24.3 Å². The number of aryl methyl sites for hydroxylation is 2. The Hall–Kier alpha value is -5.64. The van der Waals surface area contributed by atoms with Crippen molar-refractivity contribution in [1.82, 2.24) is 41.2 Å². The van der Waals surface area contributed by atoms with Crippen molar-refractivity contribution in [3.05, 3.63) is 99.9 Å². The van der Waals surface area contributed by atoms with E-state index in [-0.39, 0.29) is 126 Å². The van der Waals surface area contributed by atoms with Crippen molar-refractivity contribution < 1.29 is 96.6 Å². The van der Waals surface area contributed by atoms with Crippen LogP contribution in [0.5, 0.6) is 0 Å². The SMILES string of the molecule is CCCc1c2oc(C(=O)[O-])cc(=O)c2cc2c(=O)cc(-c3nn[nH]n3)oc12.CCCc1c2oc(C(=O)[O-])cc(=O)c2cc2c(=O)cc(-c3nn[nH]n3)oc12.[Na+].[Na+]. The molecule has 6 heterocycles. The first-order valence-electron chi connectivity index (χ1n) is 16.0. The molecule has 0 aliphatic rings. The number of nitrogens with one attached hydrogen (secondary N) is 2. The number of hydrogen-bond acceptors (Lipinski definition) is 18. The first-order chi connectivity index (χ1) is 26.0. The van der Waals surface area contributed by atoms with Gasteiger partial charge in [0.05, 0.1) is 21.5 Å². The van der Waals surface area contributed by atoms with Crippen molar-refractivity contribution in [2.45, 2.75) is 39.5 Å².